The highest BCUT2D eigenvalue weighted by Gasteiger charge is 2.45. The molecule has 2 amide bonds. The lowest BCUT2D eigenvalue weighted by atomic mass is 9.97. The van der Waals surface area contributed by atoms with Gasteiger partial charge in [0.05, 0.1) is 26.4 Å². The Hall–Kier alpha value is -3.67. The molecule has 0 bridgehead atoms. The van der Waals surface area contributed by atoms with Crippen molar-refractivity contribution in [2.45, 2.75) is 101 Å². The van der Waals surface area contributed by atoms with Gasteiger partial charge < -0.3 is 85.0 Å². The minimum absolute atomic E-state index is 0.00685. The quantitative estimate of drug-likeness (QED) is 0.0350. The fraction of sp³-hybridized carbons (Fsp3) is 0.645. The van der Waals surface area contributed by atoms with Crippen LogP contribution in [0.15, 0.2) is 35.7 Å². The molecule has 0 aliphatic carbocycles. The monoisotopic (exact) mass is 736 g/mol. The fourth-order valence-corrected chi connectivity index (χ4v) is 4.89. The predicted octanol–water partition coefficient (Wildman–Crippen LogP) is -3.61. The van der Waals surface area contributed by atoms with E-state index in [1.807, 2.05) is 0 Å². The highest BCUT2D eigenvalue weighted by molar-refractivity contribution is 5.75. The number of carbonyl (C=O) groups excluding carboxylic acids is 3. The molecule has 20 heteroatoms. The molecule has 11 N–H and O–H groups in total. The van der Waals surface area contributed by atoms with E-state index in [1.54, 1.807) is 0 Å². The van der Waals surface area contributed by atoms with Crippen LogP contribution in [-0.4, -0.2) is 158 Å². The normalized spacial score (nSPS) is 24.5. The Labute approximate surface area is 292 Å². The number of carbonyl (C=O) groups is 3. The number of amides is 2. The Morgan fingerprint density at radius 2 is 1.55 bits per heavy atom. The van der Waals surface area contributed by atoms with E-state index >= 15 is 0 Å². The van der Waals surface area contributed by atoms with E-state index in [0.717, 1.165) is 20.8 Å². The van der Waals surface area contributed by atoms with Crippen molar-refractivity contribution in [2.75, 3.05) is 26.9 Å². The van der Waals surface area contributed by atoms with Gasteiger partial charge in [-0.05, 0) is 30.7 Å². The third kappa shape index (κ3) is 13.1. The Balaban J connectivity index is 2.36. The molecule has 0 saturated carbocycles. The van der Waals surface area contributed by atoms with Gasteiger partial charge in [-0.1, -0.05) is 0 Å². The minimum atomic E-state index is -2.40. The molecule has 1 aromatic rings. The molecule has 290 valence electrons. The van der Waals surface area contributed by atoms with Gasteiger partial charge in [-0.25, -0.2) is 0 Å². The van der Waals surface area contributed by atoms with Crippen LogP contribution in [0, 0.1) is 0 Å². The number of benzene rings is 1. The molecule has 1 fully saturated rings. The van der Waals surface area contributed by atoms with Crippen LogP contribution in [0.25, 0.3) is 0 Å². The second-order valence-electron chi connectivity index (χ2n) is 11.4. The molecule has 20 nitrogen and oxygen atoms in total. The van der Waals surface area contributed by atoms with E-state index in [9.17, 15) is 60.3 Å². The molecule has 0 radical (unpaired) electrons. The van der Waals surface area contributed by atoms with Crippen LogP contribution < -0.4 is 20.1 Å². The predicted molar refractivity (Wildman–Crippen MR) is 169 cm³/mol. The number of rotatable bonds is 20. The van der Waals surface area contributed by atoms with E-state index in [-0.39, 0.29) is 12.2 Å². The van der Waals surface area contributed by atoms with Crippen molar-refractivity contribution in [2.24, 2.45) is 0 Å². The Morgan fingerprint density at radius 1 is 0.922 bits per heavy atom. The summed E-state index contributed by atoms with van der Waals surface area (Å²) in [7, 11) is 1.41. The first kappa shape index (κ1) is 43.5. The van der Waals surface area contributed by atoms with Crippen molar-refractivity contribution in [3.63, 3.8) is 0 Å². The number of ether oxygens (including phenoxy) is 6. The summed E-state index contributed by atoms with van der Waals surface area (Å²) in [6.45, 7) is 1.36. The van der Waals surface area contributed by atoms with E-state index in [1.165, 1.54) is 31.4 Å². The van der Waals surface area contributed by atoms with Gasteiger partial charge in [0.25, 0.3) is 0 Å². The standard InChI is InChI=1S/C31H48N2O18/c1-14(36)32-22(25(41)20(9-11-34)48-16(3)38)29(44)51-28(30(45)49-18-7-5-17(46-4)6-8-18)24(40)19(39)10-12-47-31-23(33-15(2)37)27(43)26(42)21(13-35)50-31/h5-8,19-21,23-24,26-31,34-35,39-45H,9-13H2,1-4H3,(H,32,36)(H,33,37)/b25-22-/t19-,20-,21?,23?,24?,26-,27?,28?,29+,30-,31-/m1/s1. The summed E-state index contributed by atoms with van der Waals surface area (Å²) in [5, 5.41) is 99.1. The molecule has 1 aliphatic rings. The maximum absolute atomic E-state index is 12.0. The smallest absolute Gasteiger partial charge is 0.303 e. The largest absolute Gasteiger partial charge is 0.507 e. The average Bonchev–Trinajstić information content (AvgIpc) is 3.07. The summed E-state index contributed by atoms with van der Waals surface area (Å²) in [5.41, 5.74) is -0.800. The van der Waals surface area contributed by atoms with Gasteiger partial charge in [-0.3, -0.25) is 14.4 Å². The van der Waals surface area contributed by atoms with Crippen LogP contribution in [0.4, 0.5) is 0 Å². The lowest BCUT2D eigenvalue weighted by Gasteiger charge is -2.42. The van der Waals surface area contributed by atoms with Crippen molar-refractivity contribution in [1.29, 1.82) is 0 Å². The molecule has 1 heterocycles. The molecule has 5 unspecified atom stereocenters. The van der Waals surface area contributed by atoms with Crippen molar-refractivity contribution >= 4 is 17.8 Å². The number of esters is 1. The summed E-state index contributed by atoms with van der Waals surface area (Å²) < 4.78 is 32.0. The van der Waals surface area contributed by atoms with Gasteiger partial charge in [0, 0.05) is 33.8 Å². The van der Waals surface area contributed by atoms with Crippen LogP contribution in [0.5, 0.6) is 11.5 Å². The Kier molecular flexibility index (Phi) is 17.9. The second-order valence-corrected chi connectivity index (χ2v) is 11.4. The zero-order chi connectivity index (χ0) is 38.4. The maximum atomic E-state index is 12.0. The fourth-order valence-electron chi connectivity index (χ4n) is 4.89. The van der Waals surface area contributed by atoms with Gasteiger partial charge in [0.2, 0.25) is 24.4 Å². The van der Waals surface area contributed by atoms with E-state index in [2.05, 4.69) is 10.6 Å². The second kappa shape index (κ2) is 21.0. The first-order valence-corrected chi connectivity index (χ1v) is 15.7. The van der Waals surface area contributed by atoms with Crippen LogP contribution in [0.1, 0.15) is 33.6 Å². The summed E-state index contributed by atoms with van der Waals surface area (Å²) in [6.07, 6.45) is -19.0. The summed E-state index contributed by atoms with van der Waals surface area (Å²) in [5.74, 6) is -2.87. The molecule has 1 saturated heterocycles. The van der Waals surface area contributed by atoms with E-state index in [0.29, 0.717) is 5.75 Å². The third-order valence-corrected chi connectivity index (χ3v) is 7.40. The molecule has 0 aromatic heterocycles. The molecule has 2 rings (SSSR count). The topological polar surface area (TPSA) is 313 Å². The summed E-state index contributed by atoms with van der Waals surface area (Å²) in [6, 6.07) is 4.39. The zero-order valence-electron chi connectivity index (χ0n) is 28.4. The molecular formula is C31H48N2O18. The van der Waals surface area contributed by atoms with E-state index < -0.39 is 123 Å². The van der Waals surface area contributed by atoms with E-state index in [4.69, 9.17) is 28.4 Å². The number of hydrogen-bond donors (Lipinski definition) is 11. The van der Waals surface area contributed by atoms with Crippen molar-refractivity contribution in [3.05, 3.63) is 35.7 Å². The highest BCUT2D eigenvalue weighted by atomic mass is 16.7. The first-order chi connectivity index (χ1) is 24.0. The summed E-state index contributed by atoms with van der Waals surface area (Å²) >= 11 is 0. The number of methoxy groups -OCH3 is 1. The number of nitrogens with one attached hydrogen (secondary N) is 2. The lowest BCUT2D eigenvalue weighted by Crippen LogP contribution is -2.64. The van der Waals surface area contributed by atoms with Crippen molar-refractivity contribution < 1.29 is 88.8 Å². The van der Waals surface area contributed by atoms with Crippen molar-refractivity contribution in [1.82, 2.24) is 10.6 Å². The number of aliphatic hydroxyl groups is 9. The lowest BCUT2D eigenvalue weighted by molar-refractivity contribution is -0.272. The molecule has 1 aromatic carbocycles. The maximum Gasteiger partial charge on any atom is 0.303 e. The van der Waals surface area contributed by atoms with Crippen molar-refractivity contribution in [3.8, 4) is 11.5 Å². The minimum Gasteiger partial charge on any atom is -0.507 e. The summed E-state index contributed by atoms with van der Waals surface area (Å²) in [4.78, 5) is 35.3. The highest BCUT2D eigenvalue weighted by Crippen LogP contribution is 2.25. The molecular weight excluding hydrogens is 688 g/mol. The first-order valence-electron chi connectivity index (χ1n) is 15.7. The van der Waals surface area contributed by atoms with Crippen LogP contribution in [0.3, 0.4) is 0 Å². The number of aliphatic hydroxyl groups excluding tert-OH is 9. The SMILES string of the molecule is COc1ccc(O[C@@H](O)C(O[C@H](O)/C(NC(C)=O)=C(/O)[C@@H](CCO)OC(C)=O)C(O)[C@H](O)CCO[C@@H]2OC(CO)[C@@H](O)C(O)C2NC(C)=O)cc1. The Bertz CT molecular complexity index is 1280. The molecule has 11 atom stereocenters. The van der Waals surface area contributed by atoms with Crippen LogP contribution >= 0.6 is 0 Å². The molecule has 0 spiro atoms. The van der Waals surface area contributed by atoms with Gasteiger partial charge in [-0.2, -0.15) is 0 Å². The number of hydrogen-bond acceptors (Lipinski definition) is 18. The van der Waals surface area contributed by atoms with Gasteiger partial charge in [-0.15, -0.1) is 0 Å². The van der Waals surface area contributed by atoms with Gasteiger partial charge in [0.15, 0.2) is 24.3 Å². The molecule has 1 aliphatic heterocycles. The van der Waals surface area contributed by atoms with Gasteiger partial charge in [0.1, 0.15) is 47.7 Å². The third-order valence-electron chi connectivity index (χ3n) is 7.40. The Morgan fingerprint density at radius 3 is 2.08 bits per heavy atom. The van der Waals surface area contributed by atoms with Gasteiger partial charge >= 0.3 is 5.97 Å². The molecule has 51 heavy (non-hydrogen) atoms. The average molecular weight is 737 g/mol. The van der Waals surface area contributed by atoms with Crippen LogP contribution in [0.2, 0.25) is 0 Å². The van der Waals surface area contributed by atoms with Crippen LogP contribution in [-0.2, 0) is 33.3 Å². The zero-order valence-corrected chi connectivity index (χ0v) is 28.4.